The van der Waals surface area contributed by atoms with Crippen molar-refractivity contribution in [2.45, 2.75) is 31.7 Å². The number of halogens is 2. The van der Waals surface area contributed by atoms with Crippen LogP contribution in [0.15, 0.2) is 30.3 Å². The van der Waals surface area contributed by atoms with E-state index in [0.717, 1.165) is 25.1 Å². The first-order valence-electron chi connectivity index (χ1n) is 7.55. The van der Waals surface area contributed by atoms with Gasteiger partial charge in [-0.2, -0.15) is 0 Å². The minimum Gasteiger partial charge on any atom is -0.356 e. The van der Waals surface area contributed by atoms with E-state index in [2.05, 4.69) is 10.2 Å². The summed E-state index contributed by atoms with van der Waals surface area (Å²) in [4.78, 5) is 14.3. The molecule has 3 N–H and O–H groups in total. The Kier molecular flexibility index (Phi) is 11.3. The lowest BCUT2D eigenvalue weighted by Crippen LogP contribution is -2.30. The predicted octanol–water partition coefficient (Wildman–Crippen LogP) is 2.52. The van der Waals surface area contributed by atoms with Crippen LogP contribution in [-0.2, 0) is 4.79 Å². The van der Waals surface area contributed by atoms with E-state index >= 15 is 0 Å². The first kappa shape index (κ1) is 21.2. The lowest BCUT2D eigenvalue weighted by Gasteiger charge is -2.15. The molecule has 1 aliphatic rings. The number of nitrogens with two attached hydrogens (primary N) is 1. The molecule has 1 fully saturated rings. The van der Waals surface area contributed by atoms with Gasteiger partial charge in [0.2, 0.25) is 5.91 Å². The lowest BCUT2D eigenvalue weighted by molar-refractivity contribution is -0.121. The fourth-order valence-corrected chi connectivity index (χ4v) is 2.63. The summed E-state index contributed by atoms with van der Waals surface area (Å²) in [5.74, 6) is 0.0442. The molecule has 0 aromatic heterocycles. The number of nitrogens with zero attached hydrogens (tertiary/aromatic N) is 1. The first-order chi connectivity index (χ1) is 9.75. The lowest BCUT2D eigenvalue weighted by atomic mass is 10.0. The van der Waals surface area contributed by atoms with Gasteiger partial charge in [-0.3, -0.25) is 4.79 Å². The smallest absolute Gasteiger partial charge is 0.221 e. The van der Waals surface area contributed by atoms with Crippen LogP contribution in [0.2, 0.25) is 0 Å². The van der Waals surface area contributed by atoms with Crippen molar-refractivity contribution >= 4 is 30.7 Å². The molecule has 6 heteroatoms. The Morgan fingerprint density at radius 3 is 2.45 bits per heavy atom. The number of hydrogen-bond acceptors (Lipinski definition) is 3. The van der Waals surface area contributed by atoms with E-state index in [4.69, 9.17) is 5.73 Å². The molecular formula is C16H27Cl2N3O. The molecule has 1 saturated heterocycles. The average molecular weight is 348 g/mol. The summed E-state index contributed by atoms with van der Waals surface area (Å²) >= 11 is 0. The summed E-state index contributed by atoms with van der Waals surface area (Å²) in [6.07, 6.45) is 4.01. The Morgan fingerprint density at radius 1 is 1.18 bits per heavy atom. The number of amides is 1. The highest BCUT2D eigenvalue weighted by molar-refractivity contribution is 5.85. The molecule has 1 aromatic rings. The fraction of sp³-hybridized carbons (Fsp3) is 0.562. The van der Waals surface area contributed by atoms with Gasteiger partial charge in [0.25, 0.3) is 0 Å². The van der Waals surface area contributed by atoms with Crippen molar-refractivity contribution in [3.05, 3.63) is 35.9 Å². The maximum atomic E-state index is 11.8. The zero-order valence-corrected chi connectivity index (χ0v) is 14.5. The van der Waals surface area contributed by atoms with Crippen molar-refractivity contribution in [3.8, 4) is 0 Å². The molecule has 1 amide bonds. The number of rotatable bonds is 7. The number of carbonyl (C=O) groups is 1. The van der Waals surface area contributed by atoms with Crippen molar-refractivity contribution in [2.24, 2.45) is 5.73 Å². The van der Waals surface area contributed by atoms with Gasteiger partial charge in [-0.1, -0.05) is 30.3 Å². The molecule has 0 radical (unpaired) electrons. The van der Waals surface area contributed by atoms with Gasteiger partial charge in [-0.05, 0) is 44.5 Å². The third-order valence-electron chi connectivity index (χ3n) is 3.81. The number of nitrogens with one attached hydrogen (secondary N) is 1. The molecular weight excluding hydrogens is 321 g/mol. The Labute approximate surface area is 145 Å². The number of likely N-dealkylation sites (tertiary alicyclic amines) is 1. The van der Waals surface area contributed by atoms with E-state index in [1.807, 2.05) is 30.3 Å². The second kappa shape index (κ2) is 11.7. The standard InChI is InChI=1S/C16H25N3O.2ClH/c17-15(14-7-2-1-3-8-14)13-16(20)18-9-6-12-19-10-4-5-11-19;;/h1-3,7-8,15H,4-6,9-13,17H2,(H,18,20);2*1H. The van der Waals surface area contributed by atoms with Gasteiger partial charge >= 0.3 is 0 Å². The average Bonchev–Trinajstić information content (AvgIpc) is 2.98. The van der Waals surface area contributed by atoms with E-state index in [-0.39, 0.29) is 36.8 Å². The molecule has 1 atom stereocenters. The highest BCUT2D eigenvalue weighted by Crippen LogP contribution is 2.12. The zero-order valence-electron chi connectivity index (χ0n) is 12.9. The van der Waals surface area contributed by atoms with Crippen molar-refractivity contribution in [1.82, 2.24) is 10.2 Å². The van der Waals surface area contributed by atoms with Gasteiger partial charge in [0.15, 0.2) is 0 Å². The number of hydrogen-bond donors (Lipinski definition) is 2. The highest BCUT2D eigenvalue weighted by Gasteiger charge is 2.12. The Hall–Kier alpha value is -0.810. The van der Waals surface area contributed by atoms with Crippen LogP contribution in [-0.4, -0.2) is 37.0 Å². The second-order valence-corrected chi connectivity index (χ2v) is 5.47. The van der Waals surface area contributed by atoms with Crippen LogP contribution in [0.4, 0.5) is 0 Å². The number of carbonyl (C=O) groups excluding carboxylic acids is 1. The van der Waals surface area contributed by atoms with Crippen LogP contribution >= 0.6 is 24.8 Å². The summed E-state index contributed by atoms with van der Waals surface area (Å²) in [5.41, 5.74) is 7.04. The van der Waals surface area contributed by atoms with E-state index in [9.17, 15) is 4.79 Å². The van der Waals surface area contributed by atoms with Crippen LogP contribution in [0.1, 0.15) is 37.3 Å². The summed E-state index contributed by atoms with van der Waals surface area (Å²) in [6, 6.07) is 9.56. The third kappa shape index (κ3) is 7.45. The van der Waals surface area contributed by atoms with Crippen LogP contribution in [0, 0.1) is 0 Å². The minimum atomic E-state index is -0.213. The van der Waals surface area contributed by atoms with Crippen LogP contribution < -0.4 is 11.1 Å². The van der Waals surface area contributed by atoms with Crippen LogP contribution in [0.25, 0.3) is 0 Å². The van der Waals surface area contributed by atoms with Gasteiger partial charge in [0.05, 0.1) is 0 Å². The van der Waals surface area contributed by atoms with Crippen molar-refractivity contribution < 1.29 is 4.79 Å². The van der Waals surface area contributed by atoms with Crippen molar-refractivity contribution in [1.29, 1.82) is 0 Å². The summed E-state index contributed by atoms with van der Waals surface area (Å²) in [5, 5.41) is 2.96. The molecule has 1 aliphatic heterocycles. The van der Waals surface area contributed by atoms with Crippen molar-refractivity contribution in [3.63, 3.8) is 0 Å². The Bertz CT molecular complexity index is 411. The molecule has 0 saturated carbocycles. The Morgan fingerprint density at radius 2 is 1.82 bits per heavy atom. The molecule has 2 rings (SSSR count). The minimum absolute atomic E-state index is 0. The van der Waals surface area contributed by atoms with Crippen molar-refractivity contribution in [2.75, 3.05) is 26.2 Å². The molecule has 22 heavy (non-hydrogen) atoms. The van der Waals surface area contributed by atoms with Crippen LogP contribution in [0.3, 0.4) is 0 Å². The monoisotopic (exact) mass is 347 g/mol. The van der Waals surface area contributed by atoms with E-state index in [1.165, 1.54) is 25.9 Å². The molecule has 0 bridgehead atoms. The second-order valence-electron chi connectivity index (χ2n) is 5.47. The summed E-state index contributed by atoms with van der Waals surface area (Å²) < 4.78 is 0. The maximum Gasteiger partial charge on any atom is 0.221 e. The van der Waals surface area contributed by atoms with Gasteiger partial charge in [-0.15, -0.1) is 24.8 Å². The predicted molar refractivity (Wildman–Crippen MR) is 95.8 cm³/mol. The maximum absolute atomic E-state index is 11.8. The van der Waals surface area contributed by atoms with Gasteiger partial charge in [-0.25, -0.2) is 0 Å². The van der Waals surface area contributed by atoms with E-state index in [0.29, 0.717) is 6.42 Å². The normalized spacial score (nSPS) is 15.5. The fourth-order valence-electron chi connectivity index (χ4n) is 2.63. The highest BCUT2D eigenvalue weighted by atomic mass is 35.5. The Balaban J connectivity index is 0.00000220. The quantitative estimate of drug-likeness (QED) is 0.745. The zero-order chi connectivity index (χ0) is 14.2. The third-order valence-corrected chi connectivity index (χ3v) is 3.81. The largest absolute Gasteiger partial charge is 0.356 e. The molecule has 4 nitrogen and oxygen atoms in total. The summed E-state index contributed by atoms with van der Waals surface area (Å²) in [7, 11) is 0. The molecule has 126 valence electrons. The van der Waals surface area contributed by atoms with E-state index in [1.54, 1.807) is 0 Å². The molecule has 1 unspecified atom stereocenters. The molecule has 1 heterocycles. The topological polar surface area (TPSA) is 58.4 Å². The molecule has 0 spiro atoms. The van der Waals surface area contributed by atoms with Gasteiger partial charge in [0, 0.05) is 19.0 Å². The molecule has 0 aliphatic carbocycles. The van der Waals surface area contributed by atoms with Gasteiger partial charge < -0.3 is 16.0 Å². The number of benzene rings is 1. The molecule has 1 aromatic carbocycles. The van der Waals surface area contributed by atoms with Crippen LogP contribution in [0.5, 0.6) is 0 Å². The van der Waals surface area contributed by atoms with E-state index < -0.39 is 0 Å². The van der Waals surface area contributed by atoms with Gasteiger partial charge in [0.1, 0.15) is 0 Å². The first-order valence-corrected chi connectivity index (χ1v) is 7.55. The SMILES string of the molecule is Cl.Cl.NC(CC(=O)NCCCN1CCCC1)c1ccccc1. The summed E-state index contributed by atoms with van der Waals surface area (Å²) in [6.45, 7) is 4.27.